The fourth-order valence-electron chi connectivity index (χ4n) is 6.27. The number of para-hydroxylation sites is 2. The molecule has 0 aliphatic heterocycles. The molecule has 0 fully saturated rings. The monoisotopic (exact) mass is 506 g/mol. The molecule has 0 aliphatic rings. The molecule has 0 amide bonds. The molecule has 190 valence electrons. The summed E-state index contributed by atoms with van der Waals surface area (Å²) in [6, 6.07) is 32.8. The molecule has 3 heteroatoms. The lowest BCUT2D eigenvalue weighted by Crippen LogP contribution is -2.31. The minimum Gasteiger partial charge on any atom is -0.294 e. The lowest BCUT2D eigenvalue weighted by atomic mass is 9.80. The van der Waals surface area contributed by atoms with Crippen LogP contribution in [0.15, 0.2) is 103 Å². The van der Waals surface area contributed by atoms with Crippen LogP contribution in [0.1, 0.15) is 31.9 Å². The zero-order chi connectivity index (χ0) is 26.9. The molecule has 0 bridgehead atoms. The van der Waals surface area contributed by atoms with E-state index in [2.05, 4.69) is 147 Å². The highest BCUT2D eigenvalue weighted by atomic mass is 15.1. The van der Waals surface area contributed by atoms with E-state index < -0.39 is 0 Å². The molecule has 0 spiro atoms. The number of pyridine rings is 2. The van der Waals surface area contributed by atoms with Crippen molar-refractivity contribution in [2.75, 3.05) is 0 Å². The van der Waals surface area contributed by atoms with Gasteiger partial charge in [0.05, 0.1) is 22.0 Å². The van der Waals surface area contributed by atoms with E-state index in [0.717, 1.165) is 11.2 Å². The first kappa shape index (κ1) is 23.6. The van der Waals surface area contributed by atoms with Gasteiger partial charge < -0.3 is 0 Å². The van der Waals surface area contributed by atoms with E-state index in [9.17, 15) is 0 Å². The van der Waals surface area contributed by atoms with Gasteiger partial charge in [0, 0.05) is 23.0 Å². The quantitative estimate of drug-likeness (QED) is 0.215. The van der Waals surface area contributed by atoms with Crippen molar-refractivity contribution in [3.05, 3.63) is 115 Å². The minimum atomic E-state index is 0.0210. The third-order valence-corrected chi connectivity index (χ3v) is 8.19. The van der Waals surface area contributed by atoms with E-state index in [-0.39, 0.29) is 5.41 Å². The number of fused-ring (bicyclic) bond motifs is 5. The van der Waals surface area contributed by atoms with E-state index in [0.29, 0.717) is 0 Å². The first-order valence-electron chi connectivity index (χ1n) is 13.6. The molecule has 39 heavy (non-hydrogen) atoms. The molecule has 7 rings (SSSR count). The fourth-order valence-corrected chi connectivity index (χ4v) is 6.27. The van der Waals surface area contributed by atoms with Gasteiger partial charge in [-0.1, -0.05) is 81.4 Å². The van der Waals surface area contributed by atoms with E-state index in [1.54, 1.807) is 0 Å². The second kappa shape index (κ2) is 8.51. The smallest absolute Gasteiger partial charge is 0.222 e. The average molecular weight is 507 g/mol. The summed E-state index contributed by atoms with van der Waals surface area (Å²) in [6.07, 6.45) is 4.24. The van der Waals surface area contributed by atoms with Crippen LogP contribution in [-0.2, 0) is 12.5 Å². The maximum absolute atomic E-state index is 5.09. The Morgan fingerprint density at radius 3 is 1.92 bits per heavy atom. The van der Waals surface area contributed by atoms with Gasteiger partial charge in [-0.05, 0) is 63.9 Å². The Labute approximate surface area is 229 Å². The SMILES string of the molecule is Cc1c(-c2c3cnc(-n4c5ccccc5c5ccccc54)cc3cc[n+]2C)cc(C(C)(C)C)c2ccccc12. The lowest BCUT2D eigenvalue weighted by molar-refractivity contribution is -0.659. The molecule has 0 saturated carbocycles. The molecule has 3 nitrogen and oxygen atoms in total. The Bertz CT molecular complexity index is 2020. The normalized spacial score (nSPS) is 12.2. The highest BCUT2D eigenvalue weighted by Gasteiger charge is 2.25. The summed E-state index contributed by atoms with van der Waals surface area (Å²) in [5.74, 6) is 0.935. The van der Waals surface area contributed by atoms with Crippen molar-refractivity contribution in [1.82, 2.24) is 9.55 Å². The average Bonchev–Trinajstić information content (AvgIpc) is 3.27. The van der Waals surface area contributed by atoms with Crippen molar-refractivity contribution < 1.29 is 4.57 Å². The second-order valence-electron chi connectivity index (χ2n) is 11.7. The van der Waals surface area contributed by atoms with Gasteiger partial charge >= 0.3 is 0 Å². The Balaban J connectivity index is 1.51. The van der Waals surface area contributed by atoms with Gasteiger partial charge in [-0.3, -0.25) is 4.57 Å². The number of hydrogen-bond donors (Lipinski definition) is 0. The van der Waals surface area contributed by atoms with Crippen LogP contribution in [0.25, 0.3) is 60.4 Å². The third-order valence-electron chi connectivity index (χ3n) is 8.19. The molecule has 7 aromatic rings. The summed E-state index contributed by atoms with van der Waals surface area (Å²) in [7, 11) is 2.14. The van der Waals surface area contributed by atoms with Crippen molar-refractivity contribution in [1.29, 1.82) is 0 Å². The van der Waals surface area contributed by atoms with Crippen molar-refractivity contribution in [3.8, 4) is 17.1 Å². The van der Waals surface area contributed by atoms with Gasteiger partial charge in [-0.25, -0.2) is 9.55 Å². The molecule has 0 N–H and O–H groups in total. The Hall–Kier alpha value is -4.50. The van der Waals surface area contributed by atoms with Crippen LogP contribution in [0.3, 0.4) is 0 Å². The second-order valence-corrected chi connectivity index (χ2v) is 11.7. The molecule has 3 heterocycles. The van der Waals surface area contributed by atoms with Crippen LogP contribution in [0.5, 0.6) is 0 Å². The van der Waals surface area contributed by atoms with Gasteiger partial charge in [-0.2, -0.15) is 0 Å². The van der Waals surface area contributed by atoms with Crippen LogP contribution in [0.4, 0.5) is 0 Å². The predicted octanol–water partition coefficient (Wildman–Crippen LogP) is 8.58. The van der Waals surface area contributed by atoms with Gasteiger partial charge in [0.2, 0.25) is 5.69 Å². The minimum absolute atomic E-state index is 0.0210. The van der Waals surface area contributed by atoms with Crippen LogP contribution in [0, 0.1) is 6.92 Å². The largest absolute Gasteiger partial charge is 0.294 e. The van der Waals surface area contributed by atoms with E-state index in [1.165, 1.54) is 60.3 Å². The summed E-state index contributed by atoms with van der Waals surface area (Å²) in [6.45, 7) is 9.16. The third kappa shape index (κ3) is 3.57. The molecule has 0 unspecified atom stereocenters. The lowest BCUT2D eigenvalue weighted by Gasteiger charge is -2.24. The number of benzene rings is 4. The maximum atomic E-state index is 5.09. The molecule has 3 aromatic heterocycles. The number of hydrogen-bond acceptors (Lipinski definition) is 1. The Morgan fingerprint density at radius 1 is 0.692 bits per heavy atom. The van der Waals surface area contributed by atoms with Crippen LogP contribution >= 0.6 is 0 Å². The van der Waals surface area contributed by atoms with Gasteiger partial charge in [0.15, 0.2) is 6.20 Å². The highest BCUT2D eigenvalue weighted by Crippen LogP contribution is 2.39. The molecular formula is C36H32N3+. The Morgan fingerprint density at radius 2 is 1.28 bits per heavy atom. The Kier molecular flexibility index (Phi) is 5.15. The maximum Gasteiger partial charge on any atom is 0.222 e. The van der Waals surface area contributed by atoms with E-state index in [4.69, 9.17) is 4.98 Å². The van der Waals surface area contributed by atoms with Crippen molar-refractivity contribution in [3.63, 3.8) is 0 Å². The van der Waals surface area contributed by atoms with Crippen molar-refractivity contribution >= 4 is 43.4 Å². The molecule has 0 aliphatic carbocycles. The standard InChI is InChI=1S/C36H32N3/c1-23-25-12-6-7-13-26(25)31(36(2,3)4)21-29(23)35-30-22-37-34(20-24(30)18-19-38(35)5)39-32-16-10-8-14-27(32)28-15-9-11-17-33(28)39/h6-22H,1-5H3/q+1. The van der Waals surface area contributed by atoms with Gasteiger partial charge in [-0.15, -0.1) is 0 Å². The van der Waals surface area contributed by atoms with Crippen LogP contribution in [-0.4, -0.2) is 9.55 Å². The fraction of sp³-hybridized carbons (Fsp3) is 0.167. The number of aryl methyl sites for hydroxylation is 2. The summed E-state index contributed by atoms with van der Waals surface area (Å²) in [4.78, 5) is 5.09. The van der Waals surface area contributed by atoms with E-state index in [1.807, 2.05) is 0 Å². The van der Waals surface area contributed by atoms with Gasteiger partial charge in [0.1, 0.15) is 12.9 Å². The van der Waals surface area contributed by atoms with Crippen molar-refractivity contribution in [2.45, 2.75) is 33.1 Å². The zero-order valence-corrected chi connectivity index (χ0v) is 23.2. The van der Waals surface area contributed by atoms with Crippen LogP contribution in [0.2, 0.25) is 0 Å². The molecular weight excluding hydrogens is 474 g/mol. The molecule has 0 atom stereocenters. The zero-order valence-electron chi connectivity index (χ0n) is 23.2. The summed E-state index contributed by atoms with van der Waals surface area (Å²) in [5.41, 5.74) is 7.49. The molecule has 0 radical (unpaired) electrons. The van der Waals surface area contributed by atoms with Crippen molar-refractivity contribution in [2.24, 2.45) is 7.05 Å². The summed E-state index contributed by atoms with van der Waals surface area (Å²) >= 11 is 0. The number of rotatable bonds is 2. The highest BCUT2D eigenvalue weighted by molar-refractivity contribution is 6.09. The number of aromatic nitrogens is 3. The number of nitrogens with zero attached hydrogens (tertiary/aromatic N) is 3. The summed E-state index contributed by atoms with van der Waals surface area (Å²) in [5, 5.41) is 7.48. The van der Waals surface area contributed by atoms with Crippen LogP contribution < -0.4 is 4.57 Å². The first-order valence-corrected chi connectivity index (χ1v) is 13.6. The van der Waals surface area contributed by atoms with E-state index >= 15 is 0 Å². The first-order chi connectivity index (χ1) is 18.8. The topological polar surface area (TPSA) is 21.7 Å². The van der Waals surface area contributed by atoms with Gasteiger partial charge in [0.25, 0.3) is 0 Å². The predicted molar refractivity (Wildman–Crippen MR) is 164 cm³/mol. The molecule has 4 aromatic carbocycles. The molecule has 0 saturated heterocycles. The summed E-state index contributed by atoms with van der Waals surface area (Å²) < 4.78 is 4.53.